The highest BCUT2D eigenvalue weighted by Crippen LogP contribution is 2.25. The number of amides is 1. The van der Waals surface area contributed by atoms with Crippen LogP contribution in [0.5, 0.6) is 5.75 Å². The van der Waals surface area contributed by atoms with E-state index in [9.17, 15) is 4.79 Å². The van der Waals surface area contributed by atoms with Crippen LogP contribution in [0.1, 0.15) is 96.4 Å². The molecular formula is C33H47N3O2. The van der Waals surface area contributed by atoms with Gasteiger partial charge in [-0.15, -0.1) is 0 Å². The van der Waals surface area contributed by atoms with Crippen molar-refractivity contribution in [3.05, 3.63) is 59.9 Å². The van der Waals surface area contributed by atoms with E-state index >= 15 is 0 Å². The molecular weight excluding hydrogens is 470 g/mol. The first-order valence-corrected chi connectivity index (χ1v) is 14.9. The average Bonchev–Trinajstić information content (AvgIpc) is 3.27. The molecule has 0 unspecified atom stereocenters. The molecule has 206 valence electrons. The lowest BCUT2D eigenvalue weighted by molar-refractivity contribution is -0.125. The summed E-state index contributed by atoms with van der Waals surface area (Å²) in [5, 5.41) is 3.17. The highest BCUT2D eigenvalue weighted by atomic mass is 16.5. The fraction of sp³-hybridized carbons (Fsp3) is 0.576. The molecule has 0 saturated heterocycles. The van der Waals surface area contributed by atoms with Gasteiger partial charge in [-0.3, -0.25) is 4.79 Å². The van der Waals surface area contributed by atoms with Gasteiger partial charge in [-0.2, -0.15) is 0 Å². The summed E-state index contributed by atoms with van der Waals surface area (Å²) in [7, 11) is 0. The van der Waals surface area contributed by atoms with Gasteiger partial charge < -0.3 is 14.6 Å². The number of aryl methyl sites for hydroxylation is 2. The van der Waals surface area contributed by atoms with Crippen molar-refractivity contribution in [2.45, 2.75) is 103 Å². The summed E-state index contributed by atoms with van der Waals surface area (Å²) >= 11 is 0. The van der Waals surface area contributed by atoms with Gasteiger partial charge in [-0.05, 0) is 73.8 Å². The number of aromatic nitrogens is 2. The SMILES string of the molecule is CC(C)(C)c1ccc(OCCCCn2c(CCCCCNC(=O)C3CCCCC3)nc3ccccc32)cc1. The number of nitrogens with one attached hydrogen (secondary N) is 1. The smallest absolute Gasteiger partial charge is 0.223 e. The van der Waals surface area contributed by atoms with Gasteiger partial charge in [0.2, 0.25) is 5.91 Å². The van der Waals surface area contributed by atoms with Crippen LogP contribution < -0.4 is 10.1 Å². The van der Waals surface area contributed by atoms with Crippen LogP contribution >= 0.6 is 0 Å². The van der Waals surface area contributed by atoms with Crippen molar-refractivity contribution in [1.29, 1.82) is 0 Å². The zero-order valence-electron chi connectivity index (χ0n) is 23.8. The molecule has 0 spiro atoms. The number of ether oxygens (including phenoxy) is 1. The highest BCUT2D eigenvalue weighted by Gasteiger charge is 2.20. The van der Waals surface area contributed by atoms with Gasteiger partial charge >= 0.3 is 0 Å². The Bertz CT molecular complexity index is 1140. The molecule has 0 atom stereocenters. The number of para-hydroxylation sites is 2. The fourth-order valence-electron chi connectivity index (χ4n) is 5.48. The Labute approximate surface area is 229 Å². The normalized spacial score (nSPS) is 14.6. The van der Waals surface area contributed by atoms with E-state index in [2.05, 4.69) is 79.2 Å². The zero-order valence-corrected chi connectivity index (χ0v) is 23.8. The number of fused-ring (bicyclic) bond motifs is 1. The van der Waals surface area contributed by atoms with Crippen molar-refractivity contribution in [1.82, 2.24) is 14.9 Å². The number of imidazole rings is 1. The number of nitrogens with zero attached hydrogens (tertiary/aromatic N) is 2. The topological polar surface area (TPSA) is 56.1 Å². The molecule has 1 aliphatic carbocycles. The minimum Gasteiger partial charge on any atom is -0.494 e. The first-order chi connectivity index (χ1) is 18.4. The minimum atomic E-state index is 0.161. The van der Waals surface area contributed by atoms with Crippen LogP contribution in [0.4, 0.5) is 0 Å². The Balaban J connectivity index is 1.19. The summed E-state index contributed by atoms with van der Waals surface area (Å²) in [6.07, 6.45) is 12.1. The Morgan fingerprint density at radius 3 is 2.47 bits per heavy atom. The van der Waals surface area contributed by atoms with Gasteiger partial charge in [-0.25, -0.2) is 4.98 Å². The van der Waals surface area contributed by atoms with Crippen molar-refractivity contribution in [3.8, 4) is 5.75 Å². The van der Waals surface area contributed by atoms with Gasteiger partial charge in [0, 0.05) is 25.4 Å². The fourth-order valence-corrected chi connectivity index (χ4v) is 5.48. The van der Waals surface area contributed by atoms with Crippen LogP contribution in [0.15, 0.2) is 48.5 Å². The Hall–Kier alpha value is -2.82. The number of benzene rings is 2. The van der Waals surface area contributed by atoms with Gasteiger partial charge in [-0.1, -0.05) is 70.7 Å². The predicted octanol–water partition coefficient (Wildman–Crippen LogP) is 7.60. The van der Waals surface area contributed by atoms with E-state index in [1.807, 2.05) is 0 Å². The molecule has 1 heterocycles. The third-order valence-corrected chi connectivity index (χ3v) is 7.85. The standard InChI is InChI=1S/C33H47N3O2/c1-33(2,3)27-19-21-28(22-20-27)38-25-13-12-24-36-30-17-10-9-16-29(30)35-31(36)18-8-5-11-23-34-32(37)26-14-6-4-7-15-26/h9-10,16-17,19-22,26H,4-8,11-15,18,23-25H2,1-3H3,(H,34,37). The second-order valence-corrected chi connectivity index (χ2v) is 11.9. The van der Waals surface area contributed by atoms with E-state index in [-0.39, 0.29) is 17.2 Å². The Morgan fingerprint density at radius 1 is 0.947 bits per heavy atom. The van der Waals surface area contributed by atoms with E-state index in [4.69, 9.17) is 9.72 Å². The maximum Gasteiger partial charge on any atom is 0.223 e. The minimum absolute atomic E-state index is 0.161. The van der Waals surface area contributed by atoms with E-state index in [0.29, 0.717) is 0 Å². The molecule has 1 fully saturated rings. The molecule has 0 bridgehead atoms. The maximum atomic E-state index is 12.3. The summed E-state index contributed by atoms with van der Waals surface area (Å²) < 4.78 is 8.41. The van der Waals surface area contributed by atoms with Crippen LogP contribution in [0.2, 0.25) is 0 Å². The van der Waals surface area contributed by atoms with E-state index in [1.54, 1.807) is 0 Å². The van der Waals surface area contributed by atoms with Crippen LogP contribution in [-0.2, 0) is 23.2 Å². The second-order valence-electron chi connectivity index (χ2n) is 11.9. The molecule has 1 amide bonds. The van der Waals surface area contributed by atoms with Crippen molar-refractivity contribution < 1.29 is 9.53 Å². The third kappa shape index (κ3) is 8.09. The molecule has 4 rings (SSSR count). The number of hydrogen-bond acceptors (Lipinski definition) is 3. The molecule has 0 radical (unpaired) electrons. The highest BCUT2D eigenvalue weighted by molar-refractivity contribution is 5.78. The van der Waals surface area contributed by atoms with E-state index < -0.39 is 0 Å². The zero-order chi connectivity index (χ0) is 26.8. The van der Waals surface area contributed by atoms with E-state index in [0.717, 1.165) is 82.3 Å². The van der Waals surface area contributed by atoms with Crippen molar-refractivity contribution in [2.24, 2.45) is 5.92 Å². The van der Waals surface area contributed by atoms with Crippen molar-refractivity contribution in [3.63, 3.8) is 0 Å². The third-order valence-electron chi connectivity index (χ3n) is 7.85. The van der Waals surface area contributed by atoms with Crippen LogP contribution in [0, 0.1) is 5.92 Å². The lowest BCUT2D eigenvalue weighted by Gasteiger charge is -2.20. The molecule has 5 heteroatoms. The molecule has 1 N–H and O–H groups in total. The van der Waals surface area contributed by atoms with Crippen LogP contribution in [0.25, 0.3) is 11.0 Å². The largest absolute Gasteiger partial charge is 0.494 e. The average molecular weight is 518 g/mol. The lowest BCUT2D eigenvalue weighted by atomic mass is 9.87. The van der Waals surface area contributed by atoms with Crippen LogP contribution in [0.3, 0.4) is 0 Å². The maximum absolute atomic E-state index is 12.3. The number of rotatable bonds is 13. The molecule has 1 saturated carbocycles. The monoisotopic (exact) mass is 517 g/mol. The molecule has 5 nitrogen and oxygen atoms in total. The first-order valence-electron chi connectivity index (χ1n) is 14.9. The quantitative estimate of drug-likeness (QED) is 0.238. The number of hydrogen-bond donors (Lipinski definition) is 1. The molecule has 0 aliphatic heterocycles. The Morgan fingerprint density at radius 2 is 1.71 bits per heavy atom. The summed E-state index contributed by atoms with van der Waals surface area (Å²) in [5.41, 5.74) is 3.79. The van der Waals surface area contributed by atoms with Crippen molar-refractivity contribution >= 4 is 16.9 Å². The number of carbonyl (C=O) groups is 1. The van der Waals surface area contributed by atoms with Gasteiger partial charge in [0.25, 0.3) is 0 Å². The second kappa shape index (κ2) is 13.8. The summed E-state index contributed by atoms with van der Waals surface area (Å²) in [6.45, 7) is 9.17. The molecule has 3 aromatic rings. The number of unbranched alkanes of at least 4 members (excludes halogenated alkanes) is 3. The van der Waals surface area contributed by atoms with E-state index in [1.165, 1.54) is 36.2 Å². The molecule has 2 aromatic carbocycles. The summed E-state index contributed by atoms with van der Waals surface area (Å²) in [5.74, 6) is 2.65. The number of carbonyl (C=O) groups excluding carboxylic acids is 1. The van der Waals surface area contributed by atoms with Crippen LogP contribution in [-0.4, -0.2) is 28.6 Å². The molecule has 1 aliphatic rings. The predicted molar refractivity (Wildman–Crippen MR) is 157 cm³/mol. The van der Waals surface area contributed by atoms with Crippen molar-refractivity contribution in [2.75, 3.05) is 13.2 Å². The van der Waals surface area contributed by atoms with Gasteiger partial charge in [0.05, 0.1) is 17.6 Å². The first kappa shape index (κ1) is 28.2. The molecule has 1 aromatic heterocycles. The van der Waals surface area contributed by atoms with Gasteiger partial charge in [0.15, 0.2) is 0 Å². The summed E-state index contributed by atoms with van der Waals surface area (Å²) in [6, 6.07) is 17.0. The molecule has 38 heavy (non-hydrogen) atoms. The van der Waals surface area contributed by atoms with Gasteiger partial charge in [0.1, 0.15) is 11.6 Å². The summed E-state index contributed by atoms with van der Waals surface area (Å²) in [4.78, 5) is 17.3. The Kier molecular flexibility index (Phi) is 10.3. The lowest BCUT2D eigenvalue weighted by Crippen LogP contribution is -2.32.